The van der Waals surface area contributed by atoms with Crippen LogP contribution in [-0.2, 0) is 47.4 Å². The molecule has 25 rings (SSSR count). The zero-order valence-corrected chi connectivity index (χ0v) is 87.1. The summed E-state index contributed by atoms with van der Waals surface area (Å²) >= 11 is 7.89. The number of hydrogen-bond acceptors (Lipinski definition) is 40. The molecule has 7 aliphatic heterocycles. The summed E-state index contributed by atoms with van der Waals surface area (Å²) in [5, 5.41) is 31.0. The van der Waals surface area contributed by atoms with E-state index in [2.05, 4.69) is 166 Å². The first kappa shape index (κ1) is 103. The Labute approximate surface area is 881 Å². The molecule has 18 aromatic rings. The summed E-state index contributed by atoms with van der Waals surface area (Å²) in [4.78, 5) is 133. The van der Waals surface area contributed by atoms with E-state index in [0.717, 1.165) is 197 Å². The van der Waals surface area contributed by atoms with Gasteiger partial charge in [-0.05, 0) is 215 Å². The molecule has 3 unspecified atom stereocenters. The van der Waals surface area contributed by atoms with E-state index >= 15 is 0 Å². The van der Waals surface area contributed by atoms with Gasteiger partial charge in [-0.2, -0.15) is 0 Å². The second-order valence-corrected chi connectivity index (χ2v) is 43.0. The zero-order chi connectivity index (χ0) is 104. The smallest absolute Gasteiger partial charge is 0.280 e. The van der Waals surface area contributed by atoms with Gasteiger partial charge in [0.05, 0.1) is 12.7 Å². The fourth-order valence-corrected chi connectivity index (χ4v) is 23.9. The molecule has 0 bridgehead atoms. The maximum atomic E-state index is 13.5. The highest BCUT2D eigenvalue weighted by molar-refractivity contribution is 7.22. The van der Waals surface area contributed by atoms with E-state index in [4.69, 9.17) is 26.7 Å². The zero-order valence-electron chi connectivity index (χ0n) is 82.2. The Balaban J connectivity index is 0.000000109. The predicted octanol–water partition coefficient (Wildman–Crippen LogP) is 16.8. The Morgan fingerprint density at radius 2 is 0.827 bits per heavy atom. The van der Waals surface area contributed by atoms with Crippen molar-refractivity contribution in [2.45, 2.75) is 122 Å². The van der Waals surface area contributed by atoms with Crippen molar-refractivity contribution in [1.29, 1.82) is 0 Å². The molecule has 11 N–H and O–H groups in total. The van der Waals surface area contributed by atoms with E-state index in [-0.39, 0.29) is 53.7 Å². The molecule has 0 spiro atoms. The normalized spacial score (nSPS) is 15.6. The number of fused-ring (bicyclic) bond motifs is 12. The fourth-order valence-electron chi connectivity index (χ4n) is 19.1. The number of anilines is 13. The number of carbonyl (C=O) groups is 3. The monoisotopic (exact) mass is 2140 g/mol. The number of nitrogens with one attached hydrogen (secondary N) is 3. The van der Waals surface area contributed by atoms with E-state index in [9.17, 15) is 42.2 Å². The number of para-hydroxylation sites is 2. The molecule has 47 heteroatoms. The molecular weight excluding hydrogens is 2040 g/mol. The summed E-state index contributed by atoms with van der Waals surface area (Å²) in [7, 11) is 1.64. The third-order valence-electron chi connectivity index (χ3n) is 26.1. The summed E-state index contributed by atoms with van der Waals surface area (Å²) < 4.78 is 64.0. The number of nitrogens with zero attached hydrogens (tertiary/aromatic N) is 24. The van der Waals surface area contributed by atoms with E-state index in [0.29, 0.717) is 154 Å². The highest BCUT2D eigenvalue weighted by Crippen LogP contribution is 2.49. The summed E-state index contributed by atoms with van der Waals surface area (Å²) in [5.74, 6) is 4.04. The molecule has 0 aliphatic carbocycles. The largest absolute Gasteiger partial charge is 0.389 e. The van der Waals surface area contributed by atoms with Crippen molar-refractivity contribution in [2.75, 3.05) is 127 Å². The Morgan fingerprint density at radius 3 is 1.21 bits per heavy atom. The predicted molar refractivity (Wildman–Crippen MR) is 577 cm³/mol. The first-order valence-electron chi connectivity index (χ1n) is 49.0. The molecule has 1 saturated heterocycles. The van der Waals surface area contributed by atoms with Crippen molar-refractivity contribution in [3.05, 3.63) is 241 Å². The molecule has 3 amide bonds. The summed E-state index contributed by atoms with van der Waals surface area (Å²) in [6.45, 7) is 16.4. The summed E-state index contributed by atoms with van der Waals surface area (Å²) in [5.41, 5.74) is 32.8. The minimum Gasteiger partial charge on any atom is -0.389 e. The molecular formula is C103H104F4N30O7S6. The average Bonchev–Trinajstić information content (AvgIpc) is 1.59. The number of aliphatic hydroxyl groups is 2. The highest BCUT2D eigenvalue weighted by Gasteiger charge is 2.37. The van der Waals surface area contributed by atoms with Crippen LogP contribution in [0.2, 0.25) is 0 Å². The highest BCUT2D eigenvalue weighted by atomic mass is 32.1. The van der Waals surface area contributed by atoms with Gasteiger partial charge >= 0.3 is 0 Å². The lowest BCUT2D eigenvalue weighted by atomic mass is 9.98. The maximum absolute atomic E-state index is 13.5. The quantitative estimate of drug-likeness (QED) is 0.0206. The van der Waals surface area contributed by atoms with Crippen LogP contribution in [0, 0.1) is 29.2 Å². The van der Waals surface area contributed by atoms with Gasteiger partial charge in [0.2, 0.25) is 0 Å². The van der Waals surface area contributed by atoms with Crippen molar-refractivity contribution >= 4 is 222 Å². The molecule has 6 aromatic carbocycles. The first-order valence-corrected chi connectivity index (χ1v) is 53.9. The number of aromatic nitrogens is 18. The van der Waals surface area contributed by atoms with Crippen LogP contribution in [0.3, 0.4) is 0 Å². The number of hydrogen-bond donors (Lipinski definition) is 8. The van der Waals surface area contributed by atoms with Crippen LogP contribution in [-0.4, -0.2) is 216 Å². The number of thiazole rings is 6. The average molecular weight is 2140 g/mol. The minimum absolute atomic E-state index is 0.0789. The first-order chi connectivity index (χ1) is 72.9. The molecule has 0 radical (unpaired) electrons. The van der Waals surface area contributed by atoms with Gasteiger partial charge < -0.3 is 82.2 Å². The Morgan fingerprint density at radius 1 is 0.460 bits per heavy atom. The Kier molecular flexibility index (Phi) is 31.3. The van der Waals surface area contributed by atoms with Gasteiger partial charge in [0.15, 0.2) is 59.9 Å². The number of amides is 3. The lowest BCUT2D eigenvalue weighted by Crippen LogP contribution is -2.31. The number of nitrogens with two attached hydrogens (primary N) is 3. The standard InChI is InChI=1S/C21H26N6OS.C20H24N6O2S.C19H18FN5O2S.C16H15FN4OS.C14H11FN4OS.C13H10FN5S/c1-13(2)8-10-23-19(28)21-26-17-18(24-12-25-20(17)29-21)27-11-14(7-9-22)15-5-3-4-6-16(15)27;1-28-10-4-9-22-18(27)20-25-16-17(23-12-24-19(16)29-20)26-11-13(7-8-21)14-5-2-3-6-15(14)26;20-12-3-4-14-11(8-12)5-6-25(14)16-15-18(23-10-22-16)28-19(24-15)17(26)21-9-13-2-1-7-27-13;1-16(2,22)15-20-12-13(18-8-19-14(12)23-15)21-6-5-9-7-10(17)3-4-11(9)21;15-9-1-2-10-8(5-9)3-4-19(10)13-12-14(17-7-16-13)21-11(6-20)18-12;14-8-1-2-9-7(5-8)3-4-19(9)11-10-12(17-6-16-11)20-13(15)18-10/h3-6,12-14H,7-11,22H2,1-2H3,(H,23,28);2-3,5-6,12-13H,4,7-11,21H2,1H3,(H,22,27);3-4,8,10,13H,1-2,5-7,9H2,(H,21,26);3-4,7-8,22H,5-6H2,1-2H3;1-2,5,7,20H,3-4,6H2;1-2,5-6H,3-4H2,(H2,15,18). The van der Waals surface area contributed by atoms with Crippen LogP contribution in [0.1, 0.15) is 151 Å². The van der Waals surface area contributed by atoms with Gasteiger partial charge in [-0.1, -0.05) is 118 Å². The number of methoxy groups -OCH3 is 1. The second-order valence-electron chi connectivity index (χ2n) is 37.0. The van der Waals surface area contributed by atoms with Gasteiger partial charge in [0.25, 0.3) is 17.7 Å². The van der Waals surface area contributed by atoms with Crippen molar-refractivity contribution in [3.63, 3.8) is 0 Å². The maximum Gasteiger partial charge on any atom is 0.280 e. The minimum atomic E-state index is -1.02. The molecule has 1 fully saturated rings. The molecule has 37 nitrogen and oxygen atoms in total. The van der Waals surface area contributed by atoms with E-state index in [1.807, 2.05) is 31.7 Å². The van der Waals surface area contributed by atoms with E-state index in [1.54, 1.807) is 75.8 Å². The van der Waals surface area contributed by atoms with Crippen LogP contribution in [0.5, 0.6) is 0 Å². The number of rotatable bonds is 24. The van der Waals surface area contributed by atoms with Gasteiger partial charge in [0.1, 0.15) is 134 Å². The van der Waals surface area contributed by atoms with Crippen LogP contribution in [0.4, 0.5) is 91.7 Å². The Hall–Kier alpha value is -14.4. The van der Waals surface area contributed by atoms with Crippen molar-refractivity contribution in [3.8, 4) is 0 Å². The molecule has 3 atom stereocenters. The van der Waals surface area contributed by atoms with Crippen LogP contribution < -0.4 is 62.6 Å². The van der Waals surface area contributed by atoms with E-state index < -0.39 is 5.60 Å². The molecule has 0 saturated carbocycles. The summed E-state index contributed by atoms with van der Waals surface area (Å²) in [6.07, 6.45) is 17.7. The third kappa shape index (κ3) is 22.2. The molecule has 12 aromatic heterocycles. The third-order valence-corrected chi connectivity index (χ3v) is 32.0. The van der Waals surface area contributed by atoms with Gasteiger partial charge in [-0.25, -0.2) is 107 Å². The second kappa shape index (κ2) is 45.6. The van der Waals surface area contributed by atoms with Crippen molar-refractivity contribution in [1.82, 2.24) is 106 Å². The number of ether oxygens (including phenoxy) is 2. The van der Waals surface area contributed by atoms with E-state index in [1.165, 1.54) is 135 Å². The van der Waals surface area contributed by atoms with Crippen LogP contribution in [0.25, 0.3) is 62.1 Å². The number of nitrogen functional groups attached to an aromatic ring is 1. The number of aliphatic hydroxyl groups excluding tert-OH is 1. The SMILES string of the molecule is CC(C)(O)c1nc2c(N3CCc4cc(F)ccc43)ncnc2s1.CC(C)CCNC(=O)c1nc2c(N3CC(CCN)c4ccccc43)ncnc2s1.COCCCNC(=O)c1nc2c(N3CC(CCN)c4ccccc43)ncnc2s1.Nc1nc2c(N3CCc4cc(F)ccc43)ncnc2s1.O=C(NCC1CCCO1)c1nc2c(N3CCc4cc(F)ccc43)ncnc2s1.OCc1nc2c(N3CCc4cc(F)ccc43)ncnc2s1. The van der Waals surface area contributed by atoms with Crippen LogP contribution in [0.15, 0.2) is 159 Å². The fraction of sp³-hybridized carbons (Fsp3) is 0.330. The lowest BCUT2D eigenvalue weighted by molar-refractivity contribution is 0.0784. The van der Waals surface area contributed by atoms with Crippen LogP contribution >= 0.6 is 68.0 Å². The van der Waals surface area contributed by atoms with Gasteiger partial charge in [0, 0.05) is 125 Å². The topological polar surface area (TPSA) is 476 Å². The van der Waals surface area contributed by atoms with Gasteiger partial charge in [-0.15, -0.1) is 0 Å². The Bertz CT molecular complexity index is 8010. The lowest BCUT2D eigenvalue weighted by Gasteiger charge is -2.18. The molecule has 772 valence electrons. The number of halogens is 4. The number of benzene rings is 6. The molecule has 7 aliphatic rings. The number of carbonyl (C=O) groups excluding carboxylic acids is 3. The van der Waals surface area contributed by atoms with Crippen molar-refractivity contribution < 1.29 is 51.6 Å². The summed E-state index contributed by atoms with van der Waals surface area (Å²) in [6, 6.07) is 35.8. The molecule has 150 heavy (non-hydrogen) atoms. The van der Waals surface area contributed by atoms with Gasteiger partial charge in [-0.3, -0.25) is 14.4 Å². The molecule has 19 heterocycles. The van der Waals surface area contributed by atoms with Crippen molar-refractivity contribution in [2.24, 2.45) is 17.4 Å².